The largest absolute Gasteiger partial charge is 0.496 e. The lowest BCUT2D eigenvalue weighted by Crippen LogP contribution is -2.40. The molecule has 2 saturated heterocycles. The van der Waals surface area contributed by atoms with Gasteiger partial charge in [0.2, 0.25) is 0 Å². The van der Waals surface area contributed by atoms with Crippen LogP contribution >= 0.6 is 0 Å². The Balaban J connectivity index is 2.00. The van der Waals surface area contributed by atoms with E-state index in [1.165, 1.54) is 0 Å². The lowest BCUT2D eigenvalue weighted by atomic mass is 9.85. The highest BCUT2D eigenvalue weighted by Gasteiger charge is 2.49. The molecule has 0 saturated carbocycles. The van der Waals surface area contributed by atoms with Crippen LogP contribution in [0.4, 0.5) is 0 Å². The monoisotopic (exact) mass is 280 g/mol. The van der Waals surface area contributed by atoms with Gasteiger partial charge in [-0.1, -0.05) is 12.1 Å². The normalized spacial score (nSPS) is 37.3. The Hall–Kier alpha value is -0.870. The molecule has 0 spiro atoms. The van der Waals surface area contributed by atoms with E-state index in [-0.39, 0.29) is 10.5 Å². The Morgan fingerprint density at radius 2 is 1.95 bits per heavy atom. The highest BCUT2D eigenvalue weighted by Crippen LogP contribution is 2.48. The molecule has 1 aromatic carbocycles. The van der Waals surface area contributed by atoms with Crippen molar-refractivity contribution in [1.82, 2.24) is 0 Å². The zero-order valence-electron chi connectivity index (χ0n) is 11.4. The number of rotatable bonds is 2. The van der Waals surface area contributed by atoms with Gasteiger partial charge in [0.05, 0.1) is 12.7 Å². The van der Waals surface area contributed by atoms with E-state index in [1.807, 2.05) is 25.1 Å². The summed E-state index contributed by atoms with van der Waals surface area (Å²) in [7, 11) is 0.883. The van der Waals surface area contributed by atoms with E-state index in [1.54, 1.807) is 7.11 Å². The molecule has 2 heterocycles. The molecule has 2 fully saturated rings. The van der Waals surface area contributed by atoms with Crippen molar-refractivity contribution in [2.75, 3.05) is 7.11 Å². The van der Waals surface area contributed by atoms with Crippen molar-refractivity contribution in [3.8, 4) is 5.75 Å². The number of aliphatic hydroxyl groups is 1. The van der Waals surface area contributed by atoms with Crippen molar-refractivity contribution in [3.05, 3.63) is 29.3 Å². The molecular formula is C15H20O3S. The summed E-state index contributed by atoms with van der Waals surface area (Å²) in [5, 5.41) is 11.3. The molecule has 3 nitrogen and oxygen atoms in total. The van der Waals surface area contributed by atoms with Crippen molar-refractivity contribution in [2.24, 2.45) is 0 Å². The number of hydrogen-bond acceptors (Lipinski definition) is 3. The minimum atomic E-state index is -0.876. The Labute approximate surface area is 116 Å². The summed E-state index contributed by atoms with van der Waals surface area (Å²) < 4.78 is 17.5. The van der Waals surface area contributed by atoms with Gasteiger partial charge in [-0.25, -0.2) is 0 Å². The van der Waals surface area contributed by atoms with Gasteiger partial charge in [-0.3, -0.25) is 4.21 Å². The van der Waals surface area contributed by atoms with Crippen LogP contribution in [0.3, 0.4) is 0 Å². The van der Waals surface area contributed by atoms with Crippen molar-refractivity contribution in [3.63, 3.8) is 0 Å². The Bertz CT molecular complexity index is 510. The maximum atomic E-state index is 12.1. The quantitative estimate of drug-likeness (QED) is 0.904. The molecule has 2 bridgehead atoms. The second kappa shape index (κ2) is 4.60. The van der Waals surface area contributed by atoms with E-state index in [0.29, 0.717) is 12.8 Å². The maximum Gasteiger partial charge on any atom is 0.125 e. The van der Waals surface area contributed by atoms with E-state index in [0.717, 1.165) is 29.7 Å². The van der Waals surface area contributed by atoms with E-state index in [4.69, 9.17) is 4.74 Å². The fraction of sp³-hybridized carbons (Fsp3) is 0.600. The first-order valence-corrected chi connectivity index (χ1v) is 8.08. The molecule has 1 N–H and O–H groups in total. The van der Waals surface area contributed by atoms with Gasteiger partial charge in [-0.05, 0) is 44.2 Å². The van der Waals surface area contributed by atoms with Gasteiger partial charge in [-0.2, -0.15) is 0 Å². The van der Waals surface area contributed by atoms with Crippen LogP contribution in [0.2, 0.25) is 0 Å². The molecular weight excluding hydrogens is 260 g/mol. The Kier molecular flexibility index (Phi) is 3.18. The second-order valence-electron chi connectivity index (χ2n) is 5.79. The van der Waals surface area contributed by atoms with Crippen LogP contribution in [0.1, 0.15) is 36.8 Å². The number of aryl methyl sites for hydroxylation is 1. The topological polar surface area (TPSA) is 46.5 Å². The number of benzene rings is 1. The average molecular weight is 280 g/mol. The molecule has 4 heteroatoms. The third-order valence-corrected chi connectivity index (χ3v) is 6.58. The predicted molar refractivity (Wildman–Crippen MR) is 75.8 cm³/mol. The molecule has 0 aliphatic carbocycles. The van der Waals surface area contributed by atoms with E-state index < -0.39 is 16.4 Å². The zero-order valence-corrected chi connectivity index (χ0v) is 12.2. The molecule has 104 valence electrons. The smallest absolute Gasteiger partial charge is 0.125 e. The Morgan fingerprint density at radius 1 is 1.32 bits per heavy atom. The van der Waals surface area contributed by atoms with Crippen LogP contribution < -0.4 is 4.74 Å². The van der Waals surface area contributed by atoms with Crippen LogP contribution in [0.25, 0.3) is 0 Å². The summed E-state index contributed by atoms with van der Waals surface area (Å²) >= 11 is 0. The van der Waals surface area contributed by atoms with Crippen molar-refractivity contribution in [2.45, 2.75) is 48.7 Å². The molecule has 1 aromatic rings. The molecule has 19 heavy (non-hydrogen) atoms. The molecule has 0 radical (unpaired) electrons. The maximum absolute atomic E-state index is 12.1. The summed E-state index contributed by atoms with van der Waals surface area (Å²) in [5.74, 6) is 0.745. The lowest BCUT2D eigenvalue weighted by molar-refractivity contribution is 0.0163. The average Bonchev–Trinajstić information content (AvgIpc) is 2.62. The van der Waals surface area contributed by atoms with Crippen molar-refractivity contribution in [1.29, 1.82) is 0 Å². The van der Waals surface area contributed by atoms with E-state index >= 15 is 0 Å². The van der Waals surface area contributed by atoms with Crippen LogP contribution in [-0.4, -0.2) is 26.9 Å². The molecule has 2 aliphatic rings. The highest BCUT2D eigenvalue weighted by molar-refractivity contribution is 7.86. The molecule has 0 aromatic heterocycles. The van der Waals surface area contributed by atoms with Gasteiger partial charge in [0.1, 0.15) is 5.75 Å². The van der Waals surface area contributed by atoms with Gasteiger partial charge in [0, 0.05) is 26.9 Å². The zero-order chi connectivity index (χ0) is 13.6. The van der Waals surface area contributed by atoms with Gasteiger partial charge >= 0.3 is 0 Å². The number of hydrogen-bond donors (Lipinski definition) is 1. The molecule has 2 unspecified atom stereocenters. The standard InChI is InChI=1S/C15H20O3S/c1-10-3-6-13(14(7-10)18-2)15(16)8-11-4-5-12(9-15)19(11)17/h3,6-7,11-12,16H,4-5,8-9H2,1-2H3. The third kappa shape index (κ3) is 2.11. The summed E-state index contributed by atoms with van der Waals surface area (Å²) in [6.07, 6.45) is 3.15. The van der Waals surface area contributed by atoms with E-state index in [2.05, 4.69) is 0 Å². The molecule has 3 rings (SSSR count). The fourth-order valence-electron chi connectivity index (χ4n) is 3.48. The summed E-state index contributed by atoms with van der Waals surface area (Å²) in [5.41, 5.74) is 1.10. The first kappa shape index (κ1) is 13.1. The first-order chi connectivity index (χ1) is 9.03. The molecule has 2 atom stereocenters. The minimum Gasteiger partial charge on any atom is -0.496 e. The SMILES string of the molecule is COc1cc(C)ccc1C1(O)CC2CCC(C1)S2=O. The summed E-state index contributed by atoms with van der Waals surface area (Å²) in [4.78, 5) is 0. The van der Waals surface area contributed by atoms with Crippen molar-refractivity contribution >= 4 is 10.8 Å². The molecule has 2 aliphatic heterocycles. The minimum absolute atomic E-state index is 0.148. The van der Waals surface area contributed by atoms with Crippen LogP contribution in [0, 0.1) is 6.92 Å². The number of ether oxygens (including phenoxy) is 1. The molecule has 0 amide bonds. The third-order valence-electron chi connectivity index (χ3n) is 4.46. The van der Waals surface area contributed by atoms with Crippen LogP contribution in [0.5, 0.6) is 5.75 Å². The summed E-state index contributed by atoms with van der Waals surface area (Å²) in [6.45, 7) is 2.01. The highest BCUT2D eigenvalue weighted by atomic mass is 32.2. The second-order valence-corrected chi connectivity index (χ2v) is 7.78. The number of methoxy groups -OCH3 is 1. The van der Waals surface area contributed by atoms with Gasteiger partial charge in [0.25, 0.3) is 0 Å². The van der Waals surface area contributed by atoms with Crippen LogP contribution in [0.15, 0.2) is 18.2 Å². The van der Waals surface area contributed by atoms with E-state index in [9.17, 15) is 9.32 Å². The first-order valence-electron chi connectivity index (χ1n) is 6.80. The Morgan fingerprint density at radius 3 is 2.53 bits per heavy atom. The van der Waals surface area contributed by atoms with Crippen molar-refractivity contribution < 1.29 is 14.1 Å². The van der Waals surface area contributed by atoms with Gasteiger partial charge < -0.3 is 9.84 Å². The lowest BCUT2D eigenvalue weighted by Gasteiger charge is -2.37. The number of fused-ring (bicyclic) bond motifs is 2. The fourth-order valence-corrected chi connectivity index (χ4v) is 5.65. The van der Waals surface area contributed by atoms with Crippen LogP contribution in [-0.2, 0) is 16.4 Å². The van der Waals surface area contributed by atoms with Gasteiger partial charge in [0.15, 0.2) is 0 Å². The predicted octanol–water partition coefficient (Wildman–Crippen LogP) is 2.26. The van der Waals surface area contributed by atoms with Gasteiger partial charge in [-0.15, -0.1) is 0 Å². The summed E-state index contributed by atoms with van der Waals surface area (Å²) in [6, 6.07) is 5.92.